The molecule has 0 atom stereocenters. The molecule has 10 nitrogen and oxygen atoms in total. The van der Waals surface area contributed by atoms with Gasteiger partial charge in [-0.15, -0.1) is 0 Å². The smallest absolute Gasteiger partial charge is 0.203 e. The van der Waals surface area contributed by atoms with Crippen molar-refractivity contribution in [3.8, 4) is 0 Å². The van der Waals surface area contributed by atoms with Crippen LogP contribution in [0.5, 0.6) is 0 Å². The van der Waals surface area contributed by atoms with Crippen LogP contribution in [0.4, 0.5) is 11.5 Å². The molecule has 1 aromatic carbocycles. The van der Waals surface area contributed by atoms with Gasteiger partial charge in [-0.1, -0.05) is 21.9 Å². The van der Waals surface area contributed by atoms with Gasteiger partial charge in [-0.2, -0.15) is 0 Å². The fraction of sp³-hybridized carbons (Fsp3) is 0.182. The van der Waals surface area contributed by atoms with Crippen LogP contribution < -0.4 is 10.6 Å². The molecule has 1 heterocycles. The minimum Gasteiger partial charge on any atom is -0.409 e. The lowest BCUT2D eigenvalue weighted by Gasteiger charge is -2.07. The van der Waals surface area contributed by atoms with E-state index < -0.39 is 0 Å². The predicted molar refractivity (Wildman–Crippen MR) is 80.2 cm³/mol. The molecule has 0 saturated carbocycles. The molecule has 2 aromatic rings. The number of nitrogens with zero attached hydrogens (tertiary/aromatic N) is 6. The molecule has 0 aliphatic carbocycles. The van der Waals surface area contributed by atoms with Crippen LogP contribution in [-0.4, -0.2) is 34.4 Å². The third kappa shape index (κ3) is 4.01. The predicted octanol–water partition coefficient (Wildman–Crippen LogP) is 2.69. The Balaban J connectivity index is 2.09. The summed E-state index contributed by atoms with van der Waals surface area (Å²) in [5.74, 6) is 0.289. The molecule has 0 radical (unpaired) electrons. The van der Waals surface area contributed by atoms with Crippen molar-refractivity contribution in [2.45, 2.75) is 0 Å². The number of nitrogens with one attached hydrogen (secondary N) is 2. The Hall–Kier alpha value is -2.97. The summed E-state index contributed by atoms with van der Waals surface area (Å²) < 4.78 is 4.62. The average Bonchev–Trinajstić information content (AvgIpc) is 2.99. The van der Waals surface area contributed by atoms with Crippen LogP contribution in [0.25, 0.3) is 10.4 Å². The van der Waals surface area contributed by atoms with Crippen molar-refractivity contribution < 1.29 is 9.84 Å². The summed E-state index contributed by atoms with van der Waals surface area (Å²) in [5, 5.41) is 29.3. The minimum atomic E-state index is 0.0369. The molecule has 0 aliphatic heterocycles. The van der Waals surface area contributed by atoms with Crippen LogP contribution >= 0.6 is 11.6 Å². The van der Waals surface area contributed by atoms with Crippen molar-refractivity contribution >= 4 is 28.9 Å². The second-order valence-electron chi connectivity index (χ2n) is 3.92. The minimum absolute atomic E-state index is 0.0369. The van der Waals surface area contributed by atoms with Gasteiger partial charge in [-0.3, -0.25) is 0 Å². The second kappa shape index (κ2) is 7.72. The first-order valence-electron chi connectivity index (χ1n) is 6.07. The van der Waals surface area contributed by atoms with E-state index in [1.54, 1.807) is 24.3 Å². The van der Waals surface area contributed by atoms with Crippen LogP contribution in [0, 0.1) is 0 Å². The van der Waals surface area contributed by atoms with Crippen LogP contribution in [-0.2, 0) is 0 Å². The standard InChI is InChI=1S/C11H11ClN8O2/c12-7-1-3-8(4-2-7)16-11(17-21)9-10(19-22-18-9)14-5-6-15-20-13/h1-4,21H,5-6H2,(H,14,19)(H,16,17). The summed E-state index contributed by atoms with van der Waals surface area (Å²) in [5.41, 5.74) is 9.02. The zero-order valence-electron chi connectivity index (χ0n) is 11.1. The Morgan fingerprint density at radius 1 is 1.36 bits per heavy atom. The molecule has 0 amide bonds. The van der Waals surface area contributed by atoms with Crippen molar-refractivity contribution in [2.75, 3.05) is 23.7 Å². The third-order valence-corrected chi connectivity index (χ3v) is 2.74. The number of aromatic nitrogens is 2. The topological polar surface area (TPSA) is 144 Å². The van der Waals surface area contributed by atoms with Gasteiger partial charge in [0.2, 0.25) is 11.7 Å². The Labute approximate surface area is 129 Å². The molecule has 22 heavy (non-hydrogen) atoms. The van der Waals surface area contributed by atoms with Gasteiger partial charge in [0.05, 0.1) is 0 Å². The highest BCUT2D eigenvalue weighted by atomic mass is 35.5. The fourth-order valence-corrected chi connectivity index (χ4v) is 1.66. The molecule has 11 heteroatoms. The van der Waals surface area contributed by atoms with E-state index in [9.17, 15) is 0 Å². The van der Waals surface area contributed by atoms with Crippen molar-refractivity contribution in [1.82, 2.24) is 10.3 Å². The molecule has 0 aliphatic rings. The maximum Gasteiger partial charge on any atom is 0.203 e. The monoisotopic (exact) mass is 322 g/mol. The Bertz CT molecular complexity index is 692. The van der Waals surface area contributed by atoms with E-state index in [-0.39, 0.29) is 23.9 Å². The number of rotatable bonds is 6. The molecule has 114 valence electrons. The molecule has 0 saturated heterocycles. The number of anilines is 2. The first-order valence-corrected chi connectivity index (χ1v) is 6.44. The van der Waals surface area contributed by atoms with E-state index >= 15 is 0 Å². The number of amidine groups is 1. The van der Waals surface area contributed by atoms with E-state index in [0.29, 0.717) is 17.3 Å². The van der Waals surface area contributed by atoms with Crippen LogP contribution in [0.15, 0.2) is 39.2 Å². The maximum atomic E-state index is 9.14. The number of halogens is 1. The first-order chi connectivity index (χ1) is 10.7. The molecular weight excluding hydrogens is 312 g/mol. The Morgan fingerprint density at radius 2 is 2.14 bits per heavy atom. The number of benzene rings is 1. The van der Waals surface area contributed by atoms with E-state index in [1.165, 1.54) is 0 Å². The van der Waals surface area contributed by atoms with Crippen LogP contribution in [0.2, 0.25) is 5.02 Å². The van der Waals surface area contributed by atoms with Gasteiger partial charge in [-0.05, 0) is 40.1 Å². The number of hydrogen-bond donors (Lipinski definition) is 3. The highest BCUT2D eigenvalue weighted by Crippen LogP contribution is 2.16. The lowest BCUT2D eigenvalue weighted by atomic mass is 10.3. The largest absolute Gasteiger partial charge is 0.409 e. The molecule has 0 fully saturated rings. The van der Waals surface area contributed by atoms with Gasteiger partial charge in [-0.25, -0.2) is 4.63 Å². The normalized spacial score (nSPS) is 10.9. The molecule has 3 N–H and O–H groups in total. The number of hydrogen-bond acceptors (Lipinski definition) is 7. The van der Waals surface area contributed by atoms with Crippen molar-refractivity contribution in [3.05, 3.63) is 45.4 Å². The number of azide groups is 1. The highest BCUT2D eigenvalue weighted by molar-refractivity contribution is 6.30. The lowest BCUT2D eigenvalue weighted by Crippen LogP contribution is -2.17. The van der Waals surface area contributed by atoms with Gasteiger partial charge in [0, 0.05) is 28.7 Å². The Morgan fingerprint density at radius 3 is 2.82 bits per heavy atom. The van der Waals surface area contributed by atoms with Crippen LogP contribution in [0.3, 0.4) is 0 Å². The zero-order valence-corrected chi connectivity index (χ0v) is 11.9. The van der Waals surface area contributed by atoms with E-state index in [2.05, 4.69) is 40.8 Å². The van der Waals surface area contributed by atoms with Gasteiger partial charge in [0.25, 0.3) is 0 Å². The zero-order chi connectivity index (χ0) is 15.8. The van der Waals surface area contributed by atoms with Gasteiger partial charge < -0.3 is 15.8 Å². The molecule has 2 rings (SSSR count). The molecular formula is C11H11ClN8O2. The number of oxime groups is 1. The summed E-state index contributed by atoms with van der Waals surface area (Å²) in [6, 6.07) is 6.77. The third-order valence-electron chi connectivity index (χ3n) is 2.49. The summed E-state index contributed by atoms with van der Waals surface area (Å²) in [7, 11) is 0. The summed E-state index contributed by atoms with van der Waals surface area (Å²) in [6.07, 6.45) is 0. The van der Waals surface area contributed by atoms with Crippen molar-refractivity contribution in [2.24, 2.45) is 10.3 Å². The SMILES string of the molecule is [N-]=[N+]=NCCNc1nonc1C(=NO)Nc1ccc(Cl)cc1. The summed E-state index contributed by atoms with van der Waals surface area (Å²) in [6.45, 7) is 0.546. The second-order valence-corrected chi connectivity index (χ2v) is 4.36. The molecule has 0 spiro atoms. The fourth-order valence-electron chi connectivity index (χ4n) is 1.53. The molecule has 1 aromatic heterocycles. The van der Waals surface area contributed by atoms with E-state index in [1.807, 2.05) is 0 Å². The molecule has 0 unspecified atom stereocenters. The van der Waals surface area contributed by atoms with Crippen molar-refractivity contribution in [3.63, 3.8) is 0 Å². The summed E-state index contributed by atoms with van der Waals surface area (Å²) >= 11 is 5.80. The maximum absolute atomic E-state index is 9.14. The van der Waals surface area contributed by atoms with Gasteiger partial charge in [0.15, 0.2) is 5.69 Å². The van der Waals surface area contributed by atoms with E-state index in [0.717, 1.165) is 0 Å². The average molecular weight is 323 g/mol. The van der Waals surface area contributed by atoms with E-state index in [4.69, 9.17) is 22.3 Å². The first kappa shape index (κ1) is 15.4. The van der Waals surface area contributed by atoms with Crippen molar-refractivity contribution in [1.29, 1.82) is 0 Å². The highest BCUT2D eigenvalue weighted by Gasteiger charge is 2.17. The Kier molecular flexibility index (Phi) is 5.41. The lowest BCUT2D eigenvalue weighted by molar-refractivity contribution is 0.305. The molecule has 0 bridgehead atoms. The van der Waals surface area contributed by atoms with Gasteiger partial charge >= 0.3 is 0 Å². The van der Waals surface area contributed by atoms with Crippen LogP contribution in [0.1, 0.15) is 5.69 Å². The quantitative estimate of drug-likeness (QED) is 0.109. The summed E-state index contributed by atoms with van der Waals surface area (Å²) in [4.78, 5) is 2.63. The van der Waals surface area contributed by atoms with Gasteiger partial charge in [0.1, 0.15) is 0 Å².